The van der Waals surface area contributed by atoms with Gasteiger partial charge in [0, 0.05) is 18.2 Å². The molecule has 0 aromatic heterocycles. The van der Waals surface area contributed by atoms with Crippen molar-refractivity contribution in [2.75, 3.05) is 6.61 Å². The quantitative estimate of drug-likeness (QED) is 0.825. The zero-order valence-corrected chi connectivity index (χ0v) is 15.0. The van der Waals surface area contributed by atoms with Crippen LogP contribution in [-0.2, 0) is 11.3 Å². The lowest BCUT2D eigenvalue weighted by Crippen LogP contribution is -2.25. The van der Waals surface area contributed by atoms with Crippen LogP contribution in [0.5, 0.6) is 5.75 Å². The highest BCUT2D eigenvalue weighted by Gasteiger charge is 2.32. The van der Waals surface area contributed by atoms with Gasteiger partial charge in [-0.2, -0.15) is 0 Å². The van der Waals surface area contributed by atoms with Crippen molar-refractivity contribution < 1.29 is 9.47 Å². The van der Waals surface area contributed by atoms with Crippen LogP contribution < -0.4 is 10.1 Å². The van der Waals surface area contributed by atoms with Gasteiger partial charge in [-0.3, -0.25) is 0 Å². The molecule has 0 saturated carbocycles. The molecule has 1 aromatic carbocycles. The van der Waals surface area contributed by atoms with Crippen LogP contribution in [0.15, 0.2) is 22.7 Å². The number of halogens is 1. The summed E-state index contributed by atoms with van der Waals surface area (Å²) in [5.41, 5.74) is 1.17. The minimum absolute atomic E-state index is 0.00995. The van der Waals surface area contributed by atoms with Gasteiger partial charge in [0.2, 0.25) is 0 Å². The fourth-order valence-corrected chi connectivity index (χ4v) is 3.06. The number of rotatable bonds is 6. The summed E-state index contributed by atoms with van der Waals surface area (Å²) in [4.78, 5) is 0. The SMILES string of the molecule is CC(C)NCc1cccc(Br)c1OCC1CCC(C)(C)O1. The first kappa shape index (κ1) is 16.8. The third-order valence-corrected chi connectivity index (χ3v) is 4.34. The molecule has 1 aromatic rings. The second-order valence-electron chi connectivity index (χ2n) is 6.61. The molecule has 3 nitrogen and oxygen atoms in total. The van der Waals surface area contributed by atoms with Crippen LogP contribution in [-0.4, -0.2) is 24.4 Å². The number of benzene rings is 1. The molecule has 0 spiro atoms. The summed E-state index contributed by atoms with van der Waals surface area (Å²) >= 11 is 3.59. The van der Waals surface area contributed by atoms with Crippen LogP contribution in [0.1, 0.15) is 46.1 Å². The Hall–Kier alpha value is -0.580. The van der Waals surface area contributed by atoms with Gasteiger partial charge in [-0.05, 0) is 48.7 Å². The lowest BCUT2D eigenvalue weighted by Gasteiger charge is -2.21. The summed E-state index contributed by atoms with van der Waals surface area (Å²) < 4.78 is 13.1. The Bertz CT molecular complexity index is 474. The van der Waals surface area contributed by atoms with E-state index < -0.39 is 0 Å². The maximum absolute atomic E-state index is 6.07. The zero-order chi connectivity index (χ0) is 15.5. The fourth-order valence-electron chi connectivity index (χ4n) is 2.54. The third kappa shape index (κ3) is 4.97. The van der Waals surface area contributed by atoms with E-state index in [1.165, 1.54) is 5.56 Å². The molecular formula is C17H26BrNO2. The standard InChI is InChI=1S/C17H26BrNO2/c1-12(2)19-10-13-6-5-7-15(18)16(13)20-11-14-8-9-17(3,4)21-14/h5-7,12,14,19H,8-11H2,1-4H3. The van der Waals surface area contributed by atoms with Crippen LogP contribution in [0.25, 0.3) is 0 Å². The number of nitrogens with one attached hydrogen (secondary N) is 1. The smallest absolute Gasteiger partial charge is 0.138 e. The van der Waals surface area contributed by atoms with E-state index in [0.29, 0.717) is 12.6 Å². The molecule has 1 saturated heterocycles. The number of hydrogen-bond donors (Lipinski definition) is 1. The summed E-state index contributed by atoms with van der Waals surface area (Å²) in [6.07, 6.45) is 2.36. The molecule has 1 aliphatic heterocycles. The molecule has 0 bridgehead atoms. The van der Waals surface area contributed by atoms with Gasteiger partial charge in [0.05, 0.1) is 16.2 Å². The van der Waals surface area contributed by atoms with E-state index in [9.17, 15) is 0 Å². The Morgan fingerprint density at radius 1 is 1.43 bits per heavy atom. The maximum Gasteiger partial charge on any atom is 0.138 e. The Kier molecular flexibility index (Phi) is 5.69. The normalized spacial score (nSPS) is 21.0. The van der Waals surface area contributed by atoms with Crippen molar-refractivity contribution >= 4 is 15.9 Å². The predicted molar refractivity (Wildman–Crippen MR) is 89.8 cm³/mol. The van der Waals surface area contributed by atoms with Gasteiger partial charge in [-0.15, -0.1) is 0 Å². The van der Waals surface area contributed by atoms with Gasteiger partial charge >= 0.3 is 0 Å². The number of ether oxygens (including phenoxy) is 2. The molecule has 1 atom stereocenters. The largest absolute Gasteiger partial charge is 0.489 e. The van der Waals surface area contributed by atoms with Gasteiger partial charge in [0.1, 0.15) is 12.4 Å². The molecule has 2 rings (SSSR count). The van der Waals surface area contributed by atoms with Gasteiger partial charge in [0.25, 0.3) is 0 Å². The van der Waals surface area contributed by atoms with Crippen molar-refractivity contribution in [2.24, 2.45) is 0 Å². The van der Waals surface area contributed by atoms with Crippen LogP contribution >= 0.6 is 15.9 Å². The molecular weight excluding hydrogens is 330 g/mol. The molecule has 1 fully saturated rings. The van der Waals surface area contributed by atoms with Crippen LogP contribution in [0, 0.1) is 0 Å². The first-order valence-corrected chi connectivity index (χ1v) is 8.48. The highest BCUT2D eigenvalue weighted by Crippen LogP contribution is 2.32. The lowest BCUT2D eigenvalue weighted by molar-refractivity contribution is -0.0328. The Morgan fingerprint density at radius 3 is 2.81 bits per heavy atom. The topological polar surface area (TPSA) is 30.5 Å². The van der Waals surface area contributed by atoms with Gasteiger partial charge < -0.3 is 14.8 Å². The molecule has 1 unspecified atom stereocenters. The highest BCUT2D eigenvalue weighted by atomic mass is 79.9. The maximum atomic E-state index is 6.07. The molecule has 1 N–H and O–H groups in total. The Balaban J connectivity index is 1.98. The van der Waals surface area contributed by atoms with Gasteiger partial charge in [-0.25, -0.2) is 0 Å². The molecule has 118 valence electrons. The summed E-state index contributed by atoms with van der Waals surface area (Å²) in [5.74, 6) is 0.930. The minimum atomic E-state index is -0.00995. The van der Waals surface area contributed by atoms with E-state index in [-0.39, 0.29) is 11.7 Å². The first-order valence-electron chi connectivity index (χ1n) is 7.69. The van der Waals surface area contributed by atoms with Crippen molar-refractivity contribution in [1.29, 1.82) is 0 Å². The van der Waals surface area contributed by atoms with E-state index in [2.05, 4.69) is 55.0 Å². The van der Waals surface area contributed by atoms with E-state index in [1.807, 2.05) is 12.1 Å². The molecule has 4 heteroatoms. The van der Waals surface area contributed by atoms with Crippen molar-refractivity contribution in [3.8, 4) is 5.75 Å². The highest BCUT2D eigenvalue weighted by molar-refractivity contribution is 9.10. The summed E-state index contributed by atoms with van der Waals surface area (Å²) in [7, 11) is 0. The predicted octanol–water partition coefficient (Wildman–Crippen LogP) is 4.28. The minimum Gasteiger partial charge on any atom is -0.489 e. The van der Waals surface area contributed by atoms with E-state index >= 15 is 0 Å². The van der Waals surface area contributed by atoms with Gasteiger partial charge in [-0.1, -0.05) is 26.0 Å². The number of hydrogen-bond acceptors (Lipinski definition) is 3. The lowest BCUT2D eigenvalue weighted by atomic mass is 10.1. The fraction of sp³-hybridized carbons (Fsp3) is 0.647. The molecule has 1 heterocycles. The van der Waals surface area contributed by atoms with Crippen molar-refractivity contribution in [2.45, 2.75) is 64.8 Å². The molecule has 0 radical (unpaired) electrons. The van der Waals surface area contributed by atoms with E-state index in [0.717, 1.165) is 29.6 Å². The third-order valence-electron chi connectivity index (χ3n) is 3.72. The van der Waals surface area contributed by atoms with Crippen molar-refractivity contribution in [1.82, 2.24) is 5.32 Å². The monoisotopic (exact) mass is 355 g/mol. The molecule has 21 heavy (non-hydrogen) atoms. The average molecular weight is 356 g/mol. The van der Waals surface area contributed by atoms with E-state index in [1.54, 1.807) is 0 Å². The summed E-state index contributed by atoms with van der Waals surface area (Å²) in [5, 5.41) is 3.44. The first-order chi connectivity index (χ1) is 9.87. The summed E-state index contributed by atoms with van der Waals surface area (Å²) in [6, 6.07) is 6.63. The zero-order valence-electron chi connectivity index (χ0n) is 13.4. The Labute approximate surface area is 136 Å². The van der Waals surface area contributed by atoms with Gasteiger partial charge in [0.15, 0.2) is 0 Å². The average Bonchev–Trinajstić information content (AvgIpc) is 2.74. The van der Waals surface area contributed by atoms with Crippen molar-refractivity contribution in [3.63, 3.8) is 0 Å². The second kappa shape index (κ2) is 7.12. The molecule has 0 amide bonds. The number of para-hydroxylation sites is 1. The van der Waals surface area contributed by atoms with Crippen LogP contribution in [0.3, 0.4) is 0 Å². The van der Waals surface area contributed by atoms with Crippen molar-refractivity contribution in [3.05, 3.63) is 28.2 Å². The second-order valence-corrected chi connectivity index (χ2v) is 7.47. The molecule has 0 aliphatic carbocycles. The Morgan fingerprint density at radius 2 is 2.19 bits per heavy atom. The summed E-state index contributed by atoms with van der Waals surface area (Å²) in [6.45, 7) is 10.00. The molecule has 1 aliphatic rings. The van der Waals surface area contributed by atoms with E-state index in [4.69, 9.17) is 9.47 Å². The van der Waals surface area contributed by atoms with Crippen LogP contribution in [0.4, 0.5) is 0 Å². The van der Waals surface area contributed by atoms with Crippen LogP contribution in [0.2, 0.25) is 0 Å².